The minimum absolute atomic E-state index is 0.0545. The molecule has 2 aromatic rings. The fraction of sp³-hybridized carbons (Fsp3) is 0.391. The first-order valence-corrected chi connectivity index (χ1v) is 10.7. The molecule has 0 unspecified atom stereocenters. The van der Waals surface area contributed by atoms with Crippen molar-refractivity contribution in [1.29, 1.82) is 0 Å². The van der Waals surface area contributed by atoms with Crippen molar-refractivity contribution >= 4 is 28.1 Å². The molecule has 0 saturated heterocycles. The van der Waals surface area contributed by atoms with E-state index in [0.29, 0.717) is 12.5 Å². The van der Waals surface area contributed by atoms with Crippen LogP contribution in [0.25, 0.3) is 0 Å². The maximum Gasteiger partial charge on any atom is 0.244 e. The lowest BCUT2D eigenvalue weighted by atomic mass is 9.90. The van der Waals surface area contributed by atoms with Crippen molar-refractivity contribution in [1.82, 2.24) is 5.43 Å². The molecular formula is C23H25BrN2O2. The zero-order valence-electron chi connectivity index (χ0n) is 16.0. The molecule has 2 aliphatic rings. The van der Waals surface area contributed by atoms with E-state index in [4.69, 9.17) is 4.74 Å². The van der Waals surface area contributed by atoms with Gasteiger partial charge in [-0.05, 0) is 54.0 Å². The Morgan fingerprint density at radius 1 is 1.25 bits per heavy atom. The molecule has 2 saturated carbocycles. The summed E-state index contributed by atoms with van der Waals surface area (Å²) in [5, 5.41) is 4.21. The van der Waals surface area contributed by atoms with Gasteiger partial charge in [0.25, 0.3) is 0 Å². The lowest BCUT2D eigenvalue weighted by molar-refractivity contribution is -0.123. The Bertz CT molecular complexity index is 880. The molecule has 2 aromatic carbocycles. The number of rotatable bonds is 6. The third-order valence-corrected chi connectivity index (χ3v) is 6.75. The Hall–Kier alpha value is -2.14. The summed E-state index contributed by atoms with van der Waals surface area (Å²) in [5.74, 6) is 1.46. The fourth-order valence-corrected chi connectivity index (χ4v) is 4.81. The molecule has 1 amide bonds. The Morgan fingerprint density at radius 2 is 2.04 bits per heavy atom. The van der Waals surface area contributed by atoms with E-state index in [1.807, 2.05) is 48.5 Å². The Kier molecular flexibility index (Phi) is 5.54. The predicted octanol–water partition coefficient (Wildman–Crippen LogP) is 5.30. The van der Waals surface area contributed by atoms with Crippen LogP contribution in [0.5, 0.6) is 5.75 Å². The lowest BCUT2D eigenvalue weighted by Gasteiger charge is -2.15. The summed E-state index contributed by atoms with van der Waals surface area (Å²) in [6, 6.07) is 15.8. The van der Waals surface area contributed by atoms with Crippen LogP contribution in [0.4, 0.5) is 0 Å². The highest BCUT2D eigenvalue weighted by Gasteiger charge is 2.64. The number of benzene rings is 2. The van der Waals surface area contributed by atoms with E-state index in [1.54, 1.807) is 6.21 Å². The van der Waals surface area contributed by atoms with Crippen LogP contribution in [0, 0.1) is 17.3 Å². The molecule has 2 aliphatic carbocycles. The van der Waals surface area contributed by atoms with Crippen molar-refractivity contribution in [2.45, 2.75) is 39.2 Å². The molecule has 2 fully saturated rings. The van der Waals surface area contributed by atoms with Gasteiger partial charge >= 0.3 is 0 Å². The molecule has 0 spiro atoms. The van der Waals surface area contributed by atoms with Gasteiger partial charge in [0.15, 0.2) is 0 Å². The smallest absolute Gasteiger partial charge is 0.244 e. The van der Waals surface area contributed by atoms with Crippen molar-refractivity contribution < 1.29 is 9.53 Å². The highest BCUT2D eigenvalue weighted by Crippen LogP contribution is 2.66. The second-order valence-electron chi connectivity index (χ2n) is 8.02. The largest absolute Gasteiger partial charge is 0.488 e. The van der Waals surface area contributed by atoms with Crippen LogP contribution >= 0.6 is 15.9 Å². The van der Waals surface area contributed by atoms with Crippen LogP contribution in [0.15, 0.2) is 58.1 Å². The van der Waals surface area contributed by atoms with Gasteiger partial charge in [-0.1, -0.05) is 60.0 Å². The molecule has 3 atom stereocenters. The summed E-state index contributed by atoms with van der Waals surface area (Å²) in [6.45, 7) is 2.72. The van der Waals surface area contributed by atoms with Crippen LogP contribution in [0.2, 0.25) is 0 Å². The normalized spacial score (nSPS) is 25.9. The summed E-state index contributed by atoms with van der Waals surface area (Å²) in [7, 11) is 0. The van der Waals surface area contributed by atoms with Crippen LogP contribution in [0.3, 0.4) is 0 Å². The fourth-order valence-electron chi connectivity index (χ4n) is 4.55. The Labute approximate surface area is 174 Å². The third-order valence-electron chi connectivity index (χ3n) is 6.22. The number of hydrazone groups is 1. The molecule has 0 aliphatic heterocycles. The Morgan fingerprint density at radius 3 is 2.79 bits per heavy atom. The minimum Gasteiger partial charge on any atom is -0.488 e. The number of nitrogens with one attached hydrogen (secondary N) is 1. The highest BCUT2D eigenvalue weighted by molar-refractivity contribution is 9.10. The molecular weight excluding hydrogens is 416 g/mol. The number of fused-ring (bicyclic) bond motifs is 1. The molecule has 1 N–H and O–H groups in total. The van der Waals surface area contributed by atoms with Gasteiger partial charge in [-0.3, -0.25) is 4.79 Å². The minimum atomic E-state index is 0.0545. The highest BCUT2D eigenvalue weighted by atomic mass is 79.9. The van der Waals surface area contributed by atoms with Gasteiger partial charge in [0.05, 0.1) is 6.21 Å². The van der Waals surface area contributed by atoms with Crippen LogP contribution in [-0.4, -0.2) is 12.1 Å². The summed E-state index contributed by atoms with van der Waals surface area (Å²) in [6.07, 6.45) is 6.49. The lowest BCUT2D eigenvalue weighted by Crippen LogP contribution is -2.22. The van der Waals surface area contributed by atoms with Crippen LogP contribution in [-0.2, 0) is 11.4 Å². The summed E-state index contributed by atoms with van der Waals surface area (Å²) in [5.41, 5.74) is 4.89. The van der Waals surface area contributed by atoms with E-state index in [0.717, 1.165) is 27.8 Å². The standard InChI is InChI=1S/C23H25BrN2O2/c1-23-13-5-4-7-19(23)21(23)22(27)26-25-14-17-6-2-3-8-20(17)28-15-16-9-11-18(24)12-10-16/h2-3,6,8-12,14,19,21H,4-5,7,13,15H2,1H3,(H,26,27)/b25-14-/t19-,21-,23+/m1/s1. The second-order valence-corrected chi connectivity index (χ2v) is 8.94. The van der Waals surface area contributed by atoms with Crippen LogP contribution < -0.4 is 10.2 Å². The monoisotopic (exact) mass is 440 g/mol. The number of carbonyl (C=O) groups is 1. The maximum absolute atomic E-state index is 12.5. The van der Waals surface area contributed by atoms with E-state index in [-0.39, 0.29) is 17.2 Å². The average molecular weight is 441 g/mol. The average Bonchev–Trinajstić information content (AvgIpc) is 3.34. The molecule has 0 bridgehead atoms. The summed E-state index contributed by atoms with van der Waals surface area (Å²) >= 11 is 3.44. The van der Waals surface area contributed by atoms with Gasteiger partial charge in [0, 0.05) is 16.0 Å². The first-order valence-electron chi connectivity index (χ1n) is 9.87. The van der Waals surface area contributed by atoms with Gasteiger partial charge < -0.3 is 4.74 Å². The summed E-state index contributed by atoms with van der Waals surface area (Å²) in [4.78, 5) is 12.5. The number of hydrogen-bond donors (Lipinski definition) is 1. The van der Waals surface area contributed by atoms with Crippen molar-refractivity contribution in [2.24, 2.45) is 22.4 Å². The van der Waals surface area contributed by atoms with E-state index in [2.05, 4.69) is 33.4 Å². The Balaban J connectivity index is 1.35. The van der Waals surface area contributed by atoms with E-state index in [9.17, 15) is 4.79 Å². The molecule has 146 valence electrons. The van der Waals surface area contributed by atoms with Gasteiger partial charge in [0.1, 0.15) is 12.4 Å². The number of amides is 1. The van der Waals surface area contributed by atoms with Gasteiger partial charge in [-0.25, -0.2) is 5.43 Å². The van der Waals surface area contributed by atoms with Gasteiger partial charge in [-0.2, -0.15) is 5.10 Å². The summed E-state index contributed by atoms with van der Waals surface area (Å²) < 4.78 is 7.00. The second kappa shape index (κ2) is 8.08. The number of halogens is 1. The molecule has 28 heavy (non-hydrogen) atoms. The van der Waals surface area contributed by atoms with Crippen molar-refractivity contribution in [3.05, 3.63) is 64.1 Å². The zero-order chi connectivity index (χ0) is 19.6. The topological polar surface area (TPSA) is 50.7 Å². The maximum atomic E-state index is 12.5. The molecule has 0 aromatic heterocycles. The molecule has 0 heterocycles. The molecule has 4 rings (SSSR count). The third kappa shape index (κ3) is 4.00. The van der Waals surface area contributed by atoms with Crippen LogP contribution in [0.1, 0.15) is 43.7 Å². The number of nitrogens with zero attached hydrogens (tertiary/aromatic N) is 1. The van der Waals surface area contributed by atoms with E-state index < -0.39 is 0 Å². The van der Waals surface area contributed by atoms with E-state index >= 15 is 0 Å². The zero-order valence-corrected chi connectivity index (χ0v) is 17.6. The van der Waals surface area contributed by atoms with Crippen molar-refractivity contribution in [3.8, 4) is 5.75 Å². The number of hydrogen-bond acceptors (Lipinski definition) is 3. The predicted molar refractivity (Wildman–Crippen MR) is 114 cm³/mol. The van der Waals surface area contributed by atoms with E-state index in [1.165, 1.54) is 19.3 Å². The first-order chi connectivity index (χ1) is 13.6. The van der Waals surface area contributed by atoms with Gasteiger partial charge in [0.2, 0.25) is 5.91 Å². The number of ether oxygens (including phenoxy) is 1. The number of para-hydroxylation sites is 1. The SMILES string of the molecule is C[C@]12CCCC[C@@H]1[C@@H]2C(=O)N/N=C\c1ccccc1OCc1ccc(Br)cc1. The van der Waals surface area contributed by atoms with Crippen molar-refractivity contribution in [3.63, 3.8) is 0 Å². The van der Waals surface area contributed by atoms with Gasteiger partial charge in [-0.15, -0.1) is 0 Å². The van der Waals surface area contributed by atoms with Crippen molar-refractivity contribution in [2.75, 3.05) is 0 Å². The molecule has 0 radical (unpaired) electrons. The number of carbonyl (C=O) groups excluding carboxylic acids is 1. The quantitative estimate of drug-likeness (QED) is 0.488. The molecule has 4 nitrogen and oxygen atoms in total. The first kappa shape index (κ1) is 19.2. The molecule has 5 heteroatoms.